The number of ether oxygens (including phenoxy) is 1. The zero-order valence-corrected chi connectivity index (χ0v) is 15.3. The van der Waals surface area contributed by atoms with Crippen LogP contribution in [-0.4, -0.2) is 28.6 Å². The van der Waals surface area contributed by atoms with Crippen LogP contribution in [0.1, 0.15) is 12.3 Å². The fraction of sp³-hybridized carbons (Fsp3) is 0.158. The van der Waals surface area contributed by atoms with Gasteiger partial charge in [0.25, 0.3) is 5.91 Å². The highest BCUT2D eigenvalue weighted by molar-refractivity contribution is 6.30. The van der Waals surface area contributed by atoms with Gasteiger partial charge in [0, 0.05) is 22.7 Å². The first-order chi connectivity index (χ1) is 13.5. The lowest BCUT2D eigenvalue weighted by molar-refractivity contribution is -0.147. The molecule has 0 aliphatic heterocycles. The van der Waals surface area contributed by atoms with Gasteiger partial charge < -0.3 is 14.6 Å². The Balaban J connectivity index is 1.42. The summed E-state index contributed by atoms with van der Waals surface area (Å²) in [4.78, 5) is 27.7. The van der Waals surface area contributed by atoms with Gasteiger partial charge in [0.05, 0.1) is 6.42 Å². The third kappa shape index (κ3) is 5.62. The summed E-state index contributed by atoms with van der Waals surface area (Å²) in [5.41, 5.74) is 1.14. The summed E-state index contributed by atoms with van der Waals surface area (Å²) in [5, 5.41) is 6.94. The second-order valence-corrected chi connectivity index (χ2v) is 6.17. The molecule has 3 rings (SSSR count). The Bertz CT molecular complexity index is 958. The molecule has 7 nitrogen and oxygen atoms in total. The number of anilines is 1. The summed E-state index contributed by atoms with van der Waals surface area (Å²) in [5.74, 6) is -0.857. The van der Waals surface area contributed by atoms with Crippen LogP contribution in [0.2, 0.25) is 5.02 Å². The third-order valence-corrected chi connectivity index (χ3v) is 3.86. The van der Waals surface area contributed by atoms with Crippen molar-refractivity contribution in [3.8, 4) is 11.4 Å². The first-order valence-corrected chi connectivity index (χ1v) is 8.67. The first-order valence-electron chi connectivity index (χ1n) is 8.29. The minimum absolute atomic E-state index is 0.0217. The molecule has 144 valence electrons. The van der Waals surface area contributed by atoms with E-state index < -0.39 is 24.3 Å². The lowest BCUT2D eigenvalue weighted by Gasteiger charge is -2.06. The monoisotopic (exact) mass is 403 g/mol. The summed E-state index contributed by atoms with van der Waals surface area (Å²) >= 11 is 5.83. The number of nitrogens with zero attached hydrogens (tertiary/aromatic N) is 2. The number of nitrogens with one attached hydrogen (secondary N) is 1. The number of halogens is 2. The zero-order valence-electron chi connectivity index (χ0n) is 14.5. The fourth-order valence-electron chi connectivity index (χ4n) is 2.23. The summed E-state index contributed by atoms with van der Waals surface area (Å²) in [6.45, 7) is -0.448. The number of carbonyl (C=O) groups is 2. The molecule has 0 saturated heterocycles. The first kappa shape index (κ1) is 19.5. The van der Waals surface area contributed by atoms with Gasteiger partial charge in [-0.25, -0.2) is 4.39 Å². The van der Waals surface area contributed by atoms with Crippen molar-refractivity contribution in [1.82, 2.24) is 10.1 Å². The Morgan fingerprint density at radius 3 is 2.54 bits per heavy atom. The van der Waals surface area contributed by atoms with Gasteiger partial charge >= 0.3 is 5.97 Å². The Morgan fingerprint density at radius 2 is 1.82 bits per heavy atom. The second kappa shape index (κ2) is 9.09. The van der Waals surface area contributed by atoms with Crippen molar-refractivity contribution in [2.24, 2.45) is 0 Å². The smallest absolute Gasteiger partial charge is 0.306 e. The van der Waals surface area contributed by atoms with Crippen molar-refractivity contribution in [3.63, 3.8) is 0 Å². The number of hydrogen-bond acceptors (Lipinski definition) is 6. The van der Waals surface area contributed by atoms with Gasteiger partial charge in [0.1, 0.15) is 5.82 Å². The van der Waals surface area contributed by atoms with Crippen molar-refractivity contribution in [2.45, 2.75) is 12.8 Å². The van der Waals surface area contributed by atoms with Crippen molar-refractivity contribution in [3.05, 3.63) is 65.3 Å². The Morgan fingerprint density at radius 1 is 1.11 bits per heavy atom. The quantitative estimate of drug-likeness (QED) is 0.605. The molecule has 0 aliphatic carbocycles. The third-order valence-electron chi connectivity index (χ3n) is 3.61. The van der Waals surface area contributed by atoms with Gasteiger partial charge in [-0.05, 0) is 48.5 Å². The minimum Gasteiger partial charge on any atom is -0.456 e. The Hall–Kier alpha value is -3.26. The molecular weight excluding hydrogens is 389 g/mol. The summed E-state index contributed by atoms with van der Waals surface area (Å²) < 4.78 is 22.8. The van der Waals surface area contributed by atoms with E-state index in [0.717, 1.165) is 5.56 Å². The van der Waals surface area contributed by atoms with Gasteiger partial charge in [-0.15, -0.1) is 0 Å². The molecule has 1 heterocycles. The van der Waals surface area contributed by atoms with E-state index in [1.807, 2.05) is 0 Å². The maximum Gasteiger partial charge on any atom is 0.306 e. The predicted octanol–water partition coefficient (Wildman–Crippen LogP) is 3.64. The largest absolute Gasteiger partial charge is 0.456 e. The van der Waals surface area contributed by atoms with Crippen molar-refractivity contribution in [2.75, 3.05) is 11.9 Å². The molecule has 0 unspecified atom stereocenters. The van der Waals surface area contributed by atoms with Crippen LogP contribution >= 0.6 is 11.6 Å². The van der Waals surface area contributed by atoms with Crippen LogP contribution in [0, 0.1) is 5.82 Å². The highest BCUT2D eigenvalue weighted by Gasteiger charge is 2.13. The van der Waals surface area contributed by atoms with Crippen LogP contribution in [0.25, 0.3) is 11.4 Å². The molecule has 1 N–H and O–H groups in total. The normalized spacial score (nSPS) is 10.5. The van der Waals surface area contributed by atoms with E-state index in [0.29, 0.717) is 16.5 Å². The number of hydrogen-bond donors (Lipinski definition) is 1. The summed E-state index contributed by atoms with van der Waals surface area (Å²) in [7, 11) is 0. The van der Waals surface area contributed by atoms with Crippen LogP contribution in [0.4, 0.5) is 10.1 Å². The molecule has 0 saturated carbocycles. The number of benzene rings is 2. The number of aryl methyl sites for hydroxylation is 1. The molecular formula is C19H15ClFN3O4. The van der Waals surface area contributed by atoms with Gasteiger partial charge in [-0.2, -0.15) is 4.98 Å². The summed E-state index contributed by atoms with van der Waals surface area (Å²) in [6, 6.07) is 12.2. The van der Waals surface area contributed by atoms with E-state index >= 15 is 0 Å². The molecule has 2 aromatic carbocycles. The van der Waals surface area contributed by atoms with E-state index in [1.165, 1.54) is 24.3 Å². The Labute approximate surface area is 164 Å². The summed E-state index contributed by atoms with van der Waals surface area (Å²) in [6.07, 6.45) is 0.158. The zero-order chi connectivity index (χ0) is 19.9. The van der Waals surface area contributed by atoms with Crippen molar-refractivity contribution in [1.29, 1.82) is 0 Å². The maximum atomic E-state index is 12.8. The van der Waals surface area contributed by atoms with Crippen LogP contribution in [-0.2, 0) is 20.7 Å². The molecule has 28 heavy (non-hydrogen) atoms. The van der Waals surface area contributed by atoms with E-state index in [9.17, 15) is 14.0 Å². The average Bonchev–Trinajstić information content (AvgIpc) is 3.16. The number of esters is 1. The Kier molecular flexibility index (Phi) is 6.33. The van der Waals surface area contributed by atoms with Crippen LogP contribution < -0.4 is 5.32 Å². The maximum absolute atomic E-state index is 12.8. The molecule has 0 atom stereocenters. The highest BCUT2D eigenvalue weighted by atomic mass is 35.5. The number of rotatable bonds is 7. The van der Waals surface area contributed by atoms with Crippen molar-refractivity contribution >= 4 is 29.2 Å². The topological polar surface area (TPSA) is 94.3 Å². The van der Waals surface area contributed by atoms with E-state index in [-0.39, 0.29) is 18.7 Å². The number of amides is 1. The van der Waals surface area contributed by atoms with E-state index in [2.05, 4.69) is 15.5 Å². The number of carbonyl (C=O) groups excluding carboxylic acids is 2. The highest BCUT2D eigenvalue weighted by Crippen LogP contribution is 2.19. The average molecular weight is 404 g/mol. The minimum atomic E-state index is -0.583. The second-order valence-electron chi connectivity index (χ2n) is 5.73. The molecule has 1 aromatic heterocycles. The molecule has 0 bridgehead atoms. The molecule has 3 aromatic rings. The van der Waals surface area contributed by atoms with Gasteiger partial charge in [0.2, 0.25) is 11.7 Å². The van der Waals surface area contributed by atoms with Crippen LogP contribution in [0.15, 0.2) is 53.1 Å². The van der Waals surface area contributed by atoms with Crippen LogP contribution in [0.3, 0.4) is 0 Å². The lowest BCUT2D eigenvalue weighted by atomic mass is 10.2. The lowest BCUT2D eigenvalue weighted by Crippen LogP contribution is -2.21. The number of aromatic nitrogens is 2. The molecule has 9 heteroatoms. The SMILES string of the molecule is O=C(COC(=O)CCc1nc(-c2ccc(Cl)cc2)no1)Nc1ccc(F)cc1. The van der Waals surface area contributed by atoms with E-state index in [1.54, 1.807) is 24.3 Å². The molecule has 0 fully saturated rings. The van der Waals surface area contributed by atoms with Gasteiger partial charge in [-0.1, -0.05) is 16.8 Å². The van der Waals surface area contributed by atoms with Crippen LogP contribution in [0.5, 0.6) is 0 Å². The molecule has 0 radical (unpaired) electrons. The molecule has 0 aliphatic rings. The predicted molar refractivity (Wildman–Crippen MR) is 99.1 cm³/mol. The van der Waals surface area contributed by atoms with Crippen molar-refractivity contribution < 1.29 is 23.2 Å². The van der Waals surface area contributed by atoms with Gasteiger partial charge in [0.15, 0.2) is 6.61 Å². The van der Waals surface area contributed by atoms with E-state index in [4.69, 9.17) is 20.9 Å². The molecule has 0 spiro atoms. The van der Waals surface area contributed by atoms with Gasteiger partial charge in [-0.3, -0.25) is 9.59 Å². The standard InChI is InChI=1S/C19H15ClFN3O4/c20-13-3-1-12(2-4-13)19-23-17(28-24-19)9-10-18(26)27-11-16(25)22-15-7-5-14(21)6-8-15/h1-8H,9-11H2,(H,22,25). The fourth-order valence-corrected chi connectivity index (χ4v) is 2.36. The molecule has 1 amide bonds.